The molecule has 1 saturated heterocycles. The molecule has 0 saturated carbocycles. The van der Waals surface area contributed by atoms with Crippen LogP contribution in [0.25, 0.3) is 11.1 Å². The van der Waals surface area contributed by atoms with E-state index in [0.717, 1.165) is 11.1 Å². The fourth-order valence-electron chi connectivity index (χ4n) is 2.85. The molecule has 1 fully saturated rings. The number of sulfonamides is 1. The van der Waals surface area contributed by atoms with Crippen molar-refractivity contribution in [2.45, 2.75) is 4.90 Å². The monoisotopic (exact) mass is 347 g/mol. The Morgan fingerprint density at radius 1 is 0.917 bits per heavy atom. The molecule has 1 aromatic heterocycles. The van der Waals surface area contributed by atoms with Gasteiger partial charge in [0.1, 0.15) is 0 Å². The fourth-order valence-corrected chi connectivity index (χ4v) is 4.27. The summed E-state index contributed by atoms with van der Waals surface area (Å²) in [6.45, 7) is 2.89. The molecule has 7 heteroatoms. The van der Waals surface area contributed by atoms with E-state index in [9.17, 15) is 8.42 Å². The number of hydrogen-bond donors (Lipinski definition) is 1. The third-order valence-corrected chi connectivity index (χ3v) is 6.17. The van der Waals surface area contributed by atoms with E-state index in [2.05, 4.69) is 9.88 Å². The van der Waals surface area contributed by atoms with Gasteiger partial charge in [0.2, 0.25) is 10.0 Å². The standard InChI is InChI=1S/C17H21N3O3S/c21-14-13-19-9-11-20(12-10-19)24(22,23)17-3-1-15(2-4-17)16-5-7-18-8-6-16/h1-8,21H,9-14H2. The number of aliphatic hydroxyl groups is 1. The molecule has 2 heterocycles. The Hall–Kier alpha value is -1.80. The second-order valence-electron chi connectivity index (χ2n) is 5.73. The Bertz CT molecular complexity index is 755. The van der Waals surface area contributed by atoms with E-state index in [4.69, 9.17) is 5.11 Å². The molecule has 6 nitrogen and oxygen atoms in total. The Balaban J connectivity index is 1.74. The number of benzene rings is 1. The van der Waals surface area contributed by atoms with E-state index < -0.39 is 10.0 Å². The lowest BCUT2D eigenvalue weighted by atomic mass is 10.1. The summed E-state index contributed by atoms with van der Waals surface area (Å²) in [5.74, 6) is 0. The Labute approximate surface area is 142 Å². The van der Waals surface area contributed by atoms with Crippen molar-refractivity contribution in [3.63, 3.8) is 0 Å². The molecule has 1 N–H and O–H groups in total. The van der Waals surface area contributed by atoms with E-state index in [-0.39, 0.29) is 6.61 Å². The largest absolute Gasteiger partial charge is 0.395 e. The fraction of sp³-hybridized carbons (Fsp3) is 0.353. The summed E-state index contributed by atoms with van der Waals surface area (Å²) in [5, 5.41) is 8.96. The molecule has 0 radical (unpaired) electrons. The van der Waals surface area contributed by atoms with Crippen LogP contribution in [0.15, 0.2) is 53.7 Å². The number of aliphatic hydroxyl groups excluding tert-OH is 1. The maximum Gasteiger partial charge on any atom is 0.243 e. The third-order valence-electron chi connectivity index (χ3n) is 4.25. The van der Waals surface area contributed by atoms with Crippen molar-refractivity contribution in [1.82, 2.24) is 14.2 Å². The van der Waals surface area contributed by atoms with Gasteiger partial charge in [-0.25, -0.2) is 8.42 Å². The number of rotatable bonds is 5. The van der Waals surface area contributed by atoms with Gasteiger partial charge in [0.05, 0.1) is 11.5 Å². The highest BCUT2D eigenvalue weighted by molar-refractivity contribution is 7.89. The highest BCUT2D eigenvalue weighted by Gasteiger charge is 2.28. The summed E-state index contributed by atoms with van der Waals surface area (Å²) in [6, 6.07) is 10.7. The van der Waals surface area contributed by atoms with Crippen LogP contribution in [0, 0.1) is 0 Å². The van der Waals surface area contributed by atoms with Crippen LogP contribution in [-0.4, -0.2) is 67.0 Å². The summed E-state index contributed by atoms with van der Waals surface area (Å²) in [4.78, 5) is 6.37. The van der Waals surface area contributed by atoms with Crippen LogP contribution in [-0.2, 0) is 10.0 Å². The molecular weight excluding hydrogens is 326 g/mol. The van der Waals surface area contributed by atoms with E-state index in [1.165, 1.54) is 4.31 Å². The van der Waals surface area contributed by atoms with Crippen LogP contribution in [0.2, 0.25) is 0 Å². The number of hydrogen-bond acceptors (Lipinski definition) is 5. The molecule has 1 aliphatic heterocycles. The van der Waals surface area contributed by atoms with Crippen molar-refractivity contribution < 1.29 is 13.5 Å². The van der Waals surface area contributed by atoms with Crippen LogP contribution in [0.1, 0.15) is 0 Å². The minimum Gasteiger partial charge on any atom is -0.395 e. The van der Waals surface area contributed by atoms with Crippen LogP contribution >= 0.6 is 0 Å². The van der Waals surface area contributed by atoms with Gasteiger partial charge in [-0.2, -0.15) is 4.31 Å². The summed E-state index contributed by atoms with van der Waals surface area (Å²) in [7, 11) is -3.47. The van der Waals surface area contributed by atoms with Crippen LogP contribution in [0.4, 0.5) is 0 Å². The van der Waals surface area contributed by atoms with E-state index in [1.807, 2.05) is 24.3 Å². The number of piperazine rings is 1. The lowest BCUT2D eigenvalue weighted by Crippen LogP contribution is -2.49. The zero-order chi connectivity index (χ0) is 17.0. The predicted octanol–water partition coefficient (Wildman–Crippen LogP) is 1.05. The average molecular weight is 347 g/mol. The molecule has 0 aliphatic carbocycles. The first-order chi connectivity index (χ1) is 11.6. The topological polar surface area (TPSA) is 73.7 Å². The van der Waals surface area contributed by atoms with E-state index >= 15 is 0 Å². The first-order valence-corrected chi connectivity index (χ1v) is 9.39. The highest BCUT2D eigenvalue weighted by atomic mass is 32.2. The van der Waals surface area contributed by atoms with Crippen molar-refractivity contribution in [3.8, 4) is 11.1 Å². The zero-order valence-electron chi connectivity index (χ0n) is 13.4. The van der Waals surface area contributed by atoms with Gasteiger partial charge in [-0.3, -0.25) is 9.88 Å². The SMILES string of the molecule is O=S(=O)(c1ccc(-c2ccncc2)cc1)N1CCN(CCO)CC1. The summed E-state index contributed by atoms with van der Waals surface area (Å²) >= 11 is 0. The van der Waals surface area contributed by atoms with Gasteiger partial charge in [0.15, 0.2) is 0 Å². The molecule has 0 bridgehead atoms. The van der Waals surface area contributed by atoms with Gasteiger partial charge in [0.25, 0.3) is 0 Å². The van der Waals surface area contributed by atoms with Crippen molar-refractivity contribution in [2.24, 2.45) is 0 Å². The summed E-state index contributed by atoms with van der Waals surface area (Å²) < 4.78 is 27.0. The molecule has 24 heavy (non-hydrogen) atoms. The highest BCUT2D eigenvalue weighted by Crippen LogP contribution is 2.23. The lowest BCUT2D eigenvalue weighted by Gasteiger charge is -2.33. The predicted molar refractivity (Wildman–Crippen MR) is 92.0 cm³/mol. The minimum atomic E-state index is -3.47. The molecule has 0 amide bonds. The van der Waals surface area contributed by atoms with Gasteiger partial charge in [-0.15, -0.1) is 0 Å². The lowest BCUT2D eigenvalue weighted by molar-refractivity contribution is 0.151. The van der Waals surface area contributed by atoms with Crippen LogP contribution in [0.5, 0.6) is 0 Å². The van der Waals surface area contributed by atoms with E-state index in [0.29, 0.717) is 37.6 Å². The van der Waals surface area contributed by atoms with Gasteiger partial charge in [-0.05, 0) is 35.4 Å². The summed E-state index contributed by atoms with van der Waals surface area (Å²) in [6.07, 6.45) is 3.43. The van der Waals surface area contributed by atoms with Gasteiger partial charge in [-0.1, -0.05) is 12.1 Å². The molecule has 1 aromatic carbocycles. The van der Waals surface area contributed by atoms with Gasteiger partial charge in [0, 0.05) is 45.1 Å². The first kappa shape index (κ1) is 17.0. The molecule has 1 aliphatic rings. The average Bonchev–Trinajstić information content (AvgIpc) is 2.63. The van der Waals surface area contributed by atoms with Gasteiger partial charge >= 0.3 is 0 Å². The second kappa shape index (κ2) is 7.40. The maximum atomic E-state index is 12.7. The van der Waals surface area contributed by atoms with Crippen molar-refractivity contribution >= 4 is 10.0 Å². The molecule has 0 spiro atoms. The number of β-amino-alcohol motifs (C(OH)–C–C–N with tert-alkyl or cyclic N) is 1. The Kier molecular flexibility index (Phi) is 5.25. The Morgan fingerprint density at radius 3 is 2.08 bits per heavy atom. The summed E-state index contributed by atoms with van der Waals surface area (Å²) in [5.41, 5.74) is 1.97. The van der Waals surface area contributed by atoms with Crippen LogP contribution in [0.3, 0.4) is 0 Å². The number of aromatic nitrogens is 1. The first-order valence-electron chi connectivity index (χ1n) is 7.95. The molecular formula is C17H21N3O3S. The van der Waals surface area contributed by atoms with Gasteiger partial charge < -0.3 is 5.11 Å². The molecule has 2 aromatic rings. The number of pyridine rings is 1. The minimum absolute atomic E-state index is 0.100. The molecule has 3 rings (SSSR count). The van der Waals surface area contributed by atoms with Crippen molar-refractivity contribution in [2.75, 3.05) is 39.3 Å². The number of nitrogens with zero attached hydrogens (tertiary/aromatic N) is 3. The van der Waals surface area contributed by atoms with Crippen molar-refractivity contribution in [3.05, 3.63) is 48.8 Å². The Morgan fingerprint density at radius 2 is 1.50 bits per heavy atom. The zero-order valence-corrected chi connectivity index (χ0v) is 14.2. The van der Waals surface area contributed by atoms with E-state index in [1.54, 1.807) is 24.5 Å². The van der Waals surface area contributed by atoms with Crippen LogP contribution < -0.4 is 0 Å². The normalized spacial score (nSPS) is 17.0. The third kappa shape index (κ3) is 3.64. The maximum absolute atomic E-state index is 12.7. The molecule has 128 valence electrons. The quantitative estimate of drug-likeness (QED) is 0.875. The smallest absolute Gasteiger partial charge is 0.243 e. The molecule has 0 unspecified atom stereocenters. The van der Waals surface area contributed by atoms with Crippen molar-refractivity contribution in [1.29, 1.82) is 0 Å². The molecule has 0 atom stereocenters. The second-order valence-corrected chi connectivity index (χ2v) is 7.67.